The highest BCUT2D eigenvalue weighted by Crippen LogP contribution is 2.37. The molecule has 7 heteroatoms. The fourth-order valence-electron chi connectivity index (χ4n) is 4.42. The van der Waals surface area contributed by atoms with Gasteiger partial charge in [-0.15, -0.1) is 0 Å². The lowest BCUT2D eigenvalue weighted by atomic mass is 9.79. The van der Waals surface area contributed by atoms with Crippen LogP contribution < -0.4 is 4.74 Å². The number of hydrogen-bond donors (Lipinski definition) is 0. The summed E-state index contributed by atoms with van der Waals surface area (Å²) >= 11 is 0. The molecule has 0 radical (unpaired) electrons. The third kappa shape index (κ3) is 5.82. The molecule has 2 aliphatic carbocycles. The third-order valence-corrected chi connectivity index (χ3v) is 6.34. The maximum Gasteiger partial charge on any atom is 0.422 e. The highest BCUT2D eigenvalue weighted by molar-refractivity contribution is 5.75. The number of hydrogen-bond acceptors (Lipinski definition) is 2. The van der Waals surface area contributed by atoms with E-state index in [1.165, 1.54) is 25.7 Å². The number of benzene rings is 1. The molecule has 0 heterocycles. The minimum Gasteiger partial charge on any atom is -0.426 e. The van der Waals surface area contributed by atoms with Gasteiger partial charge in [-0.25, -0.2) is 8.78 Å². The number of halogens is 5. The Balaban J connectivity index is 1.51. The van der Waals surface area contributed by atoms with Gasteiger partial charge in [-0.2, -0.15) is 13.2 Å². The van der Waals surface area contributed by atoms with Gasteiger partial charge < -0.3 is 4.74 Å². The van der Waals surface area contributed by atoms with Gasteiger partial charge >= 0.3 is 12.1 Å². The van der Waals surface area contributed by atoms with E-state index < -0.39 is 41.0 Å². The van der Waals surface area contributed by atoms with E-state index >= 15 is 0 Å². The topological polar surface area (TPSA) is 26.3 Å². The molecule has 0 bridgehead atoms. The van der Waals surface area contributed by atoms with Crippen molar-refractivity contribution in [2.75, 3.05) is 0 Å². The van der Waals surface area contributed by atoms with Crippen LogP contribution in [0.15, 0.2) is 24.3 Å². The van der Waals surface area contributed by atoms with E-state index in [1.807, 2.05) is 0 Å². The molecule has 0 aliphatic heterocycles. The van der Waals surface area contributed by atoms with E-state index in [0.29, 0.717) is 36.8 Å². The van der Waals surface area contributed by atoms with Crippen molar-refractivity contribution in [1.82, 2.24) is 0 Å². The summed E-state index contributed by atoms with van der Waals surface area (Å²) in [7, 11) is 0. The number of carbonyl (C=O) groups excluding carboxylic acids is 1. The summed E-state index contributed by atoms with van der Waals surface area (Å²) in [6.07, 6.45) is 7.17. The van der Waals surface area contributed by atoms with Crippen LogP contribution in [0.5, 0.6) is 5.75 Å². The Hall–Kier alpha value is -1.92. The van der Waals surface area contributed by atoms with Crippen molar-refractivity contribution >= 4 is 5.97 Å². The Kier molecular flexibility index (Phi) is 7.19. The van der Waals surface area contributed by atoms with Gasteiger partial charge in [0.25, 0.3) is 0 Å². The molecule has 0 saturated heterocycles. The monoisotopic (exact) mass is 430 g/mol. The average molecular weight is 430 g/mol. The van der Waals surface area contributed by atoms with Crippen LogP contribution in [0, 0.1) is 35.3 Å². The third-order valence-electron chi connectivity index (χ3n) is 6.34. The van der Waals surface area contributed by atoms with Crippen molar-refractivity contribution in [1.29, 1.82) is 0 Å². The second-order valence-corrected chi connectivity index (χ2v) is 8.70. The van der Waals surface area contributed by atoms with Crippen molar-refractivity contribution in [2.24, 2.45) is 23.7 Å². The minimum absolute atomic E-state index is 0.398. The summed E-state index contributed by atoms with van der Waals surface area (Å²) in [5.74, 6) is -3.37. The molecule has 30 heavy (non-hydrogen) atoms. The Labute approximate surface area is 173 Å². The largest absolute Gasteiger partial charge is 0.426 e. The van der Waals surface area contributed by atoms with Crippen molar-refractivity contribution in [3.05, 3.63) is 41.5 Å². The standard InChI is InChI=1S/C23H27F5O2/c1-14-2-4-15(5-3-14)6-7-16-8-10-17(11-9-16)22(29)30-18-12-19(24)21(20(25)13-18)23(26,27)28/h6-7,12-17H,2-5,8-11H2,1H3/b7-6+. The highest BCUT2D eigenvalue weighted by Gasteiger charge is 2.38. The second-order valence-electron chi connectivity index (χ2n) is 8.70. The molecule has 1 aromatic rings. The maximum absolute atomic E-state index is 13.7. The van der Waals surface area contributed by atoms with E-state index in [-0.39, 0.29) is 0 Å². The highest BCUT2D eigenvalue weighted by atomic mass is 19.4. The van der Waals surface area contributed by atoms with Crippen LogP contribution in [0.1, 0.15) is 63.9 Å². The molecule has 0 N–H and O–H groups in total. The summed E-state index contributed by atoms with van der Waals surface area (Å²) in [4.78, 5) is 12.3. The molecule has 0 atom stereocenters. The van der Waals surface area contributed by atoms with Crippen LogP contribution in [0.2, 0.25) is 0 Å². The summed E-state index contributed by atoms with van der Waals surface area (Å²) in [5, 5.41) is 0. The molecule has 1 aromatic carbocycles. The zero-order chi connectivity index (χ0) is 21.9. The first-order chi connectivity index (χ1) is 14.1. The Morgan fingerprint density at radius 3 is 1.83 bits per heavy atom. The summed E-state index contributed by atoms with van der Waals surface area (Å²) < 4.78 is 70.2. The predicted molar refractivity (Wildman–Crippen MR) is 103 cm³/mol. The SMILES string of the molecule is CC1CCC(/C=C/C2CCC(C(=O)Oc3cc(F)c(C(F)(F)F)c(F)c3)CC2)CC1. The van der Waals surface area contributed by atoms with E-state index in [9.17, 15) is 26.7 Å². The number of alkyl halides is 3. The van der Waals surface area contributed by atoms with E-state index in [4.69, 9.17) is 4.74 Å². The molecule has 166 valence electrons. The van der Waals surface area contributed by atoms with Gasteiger partial charge in [-0.3, -0.25) is 4.79 Å². The van der Waals surface area contributed by atoms with Gasteiger partial charge in [-0.05, 0) is 56.3 Å². The number of carbonyl (C=O) groups is 1. The minimum atomic E-state index is -5.15. The molecule has 0 aromatic heterocycles. The second kappa shape index (κ2) is 9.48. The Morgan fingerprint density at radius 2 is 1.37 bits per heavy atom. The molecule has 3 rings (SSSR count). The van der Waals surface area contributed by atoms with Crippen LogP contribution in [0.4, 0.5) is 22.0 Å². The van der Waals surface area contributed by atoms with Crippen LogP contribution in [-0.2, 0) is 11.0 Å². The van der Waals surface area contributed by atoms with Crippen molar-refractivity contribution < 1.29 is 31.5 Å². The zero-order valence-electron chi connectivity index (χ0n) is 17.0. The molecule has 0 spiro atoms. The molecule has 2 aliphatic rings. The lowest BCUT2D eigenvalue weighted by Crippen LogP contribution is -2.25. The first kappa shape index (κ1) is 22.8. The molecule has 2 saturated carbocycles. The van der Waals surface area contributed by atoms with Gasteiger partial charge in [0.05, 0.1) is 5.92 Å². The Bertz CT molecular complexity index is 747. The average Bonchev–Trinajstić information content (AvgIpc) is 2.66. The maximum atomic E-state index is 13.7. The van der Waals surface area contributed by atoms with E-state index in [2.05, 4.69) is 19.1 Å². The normalized spacial score (nSPS) is 27.9. The number of allylic oxidation sites excluding steroid dienone is 2. The van der Waals surface area contributed by atoms with E-state index in [1.54, 1.807) is 0 Å². The predicted octanol–water partition coefficient (Wildman–Crippen LogP) is 7.08. The summed E-state index contributed by atoms with van der Waals surface area (Å²) in [6.45, 7) is 2.29. The quantitative estimate of drug-likeness (QED) is 0.221. The van der Waals surface area contributed by atoms with Crippen molar-refractivity contribution in [3.63, 3.8) is 0 Å². The summed E-state index contributed by atoms with van der Waals surface area (Å²) in [6, 6.07) is 0.812. The van der Waals surface area contributed by atoms with Crippen LogP contribution in [-0.4, -0.2) is 5.97 Å². The van der Waals surface area contributed by atoms with Gasteiger partial charge in [0.15, 0.2) is 0 Å². The van der Waals surface area contributed by atoms with Crippen LogP contribution in [0.25, 0.3) is 0 Å². The van der Waals surface area contributed by atoms with Gasteiger partial charge in [-0.1, -0.05) is 31.9 Å². The van der Waals surface area contributed by atoms with Crippen molar-refractivity contribution in [3.8, 4) is 5.75 Å². The number of ether oxygens (including phenoxy) is 1. The molecular formula is C23H27F5O2. The fraction of sp³-hybridized carbons (Fsp3) is 0.609. The lowest BCUT2D eigenvalue weighted by molar-refractivity contribution is -0.142. The number of esters is 1. The van der Waals surface area contributed by atoms with Gasteiger partial charge in [0.1, 0.15) is 22.9 Å². The molecule has 0 amide bonds. The smallest absolute Gasteiger partial charge is 0.422 e. The fourth-order valence-corrected chi connectivity index (χ4v) is 4.42. The van der Waals surface area contributed by atoms with Gasteiger partial charge in [0.2, 0.25) is 0 Å². The number of rotatable bonds is 4. The zero-order valence-corrected chi connectivity index (χ0v) is 17.0. The Morgan fingerprint density at radius 1 is 0.900 bits per heavy atom. The van der Waals surface area contributed by atoms with Crippen molar-refractivity contribution in [2.45, 2.75) is 64.5 Å². The first-order valence-corrected chi connectivity index (χ1v) is 10.6. The molecule has 2 fully saturated rings. The summed E-state index contributed by atoms with van der Waals surface area (Å²) in [5.41, 5.74) is -1.98. The molecular weight excluding hydrogens is 403 g/mol. The van der Waals surface area contributed by atoms with E-state index in [0.717, 1.165) is 18.8 Å². The molecule has 0 unspecified atom stereocenters. The first-order valence-electron chi connectivity index (χ1n) is 10.6. The van der Waals surface area contributed by atoms with Crippen LogP contribution >= 0.6 is 0 Å². The van der Waals surface area contributed by atoms with Gasteiger partial charge in [0, 0.05) is 12.1 Å². The lowest BCUT2D eigenvalue weighted by Gasteiger charge is -2.27. The molecule has 2 nitrogen and oxygen atoms in total. The van der Waals surface area contributed by atoms with Crippen LogP contribution in [0.3, 0.4) is 0 Å².